The minimum atomic E-state index is 0.0352. The van der Waals surface area contributed by atoms with Crippen LogP contribution in [0.25, 0.3) is 5.57 Å². The topological polar surface area (TPSA) is 51.5 Å². The van der Waals surface area contributed by atoms with E-state index in [9.17, 15) is 4.79 Å². The lowest BCUT2D eigenvalue weighted by molar-refractivity contribution is -0.122. The average Bonchev–Trinajstić information content (AvgIpc) is 2.77. The second-order valence-electron chi connectivity index (χ2n) is 4.33. The molecule has 1 aliphatic heterocycles. The Bertz CT molecular complexity index is 489. The number of Topliss-reactive ketones (excluding diaryl/α,β-unsaturated/α-hetero) is 1. The molecule has 0 fully saturated rings. The summed E-state index contributed by atoms with van der Waals surface area (Å²) in [6.45, 7) is 2.17. The first kappa shape index (κ1) is 12.6. The summed E-state index contributed by atoms with van der Waals surface area (Å²) in [6, 6.07) is 4.08. The molecule has 94 valence electrons. The summed E-state index contributed by atoms with van der Waals surface area (Å²) in [6.07, 6.45) is 6.05. The normalized spacial score (nSPS) is 17.9. The number of ketones is 1. The van der Waals surface area contributed by atoms with Gasteiger partial charge in [0.15, 0.2) is 5.78 Å². The van der Waals surface area contributed by atoms with Crippen molar-refractivity contribution in [2.75, 3.05) is 13.7 Å². The van der Waals surface area contributed by atoms with Gasteiger partial charge in [-0.2, -0.15) is 0 Å². The number of ether oxygens (including phenoxy) is 1. The average molecular weight is 244 g/mol. The molecular weight excluding hydrogens is 228 g/mol. The third-order valence-electron chi connectivity index (χ3n) is 2.71. The summed E-state index contributed by atoms with van der Waals surface area (Å²) in [5, 5.41) is 0. The zero-order valence-corrected chi connectivity index (χ0v) is 10.6. The number of carbonyl (C=O) groups is 1. The zero-order valence-electron chi connectivity index (χ0n) is 10.6. The number of rotatable bonds is 5. The van der Waals surface area contributed by atoms with Crippen molar-refractivity contribution in [2.24, 2.45) is 4.99 Å². The Kier molecular flexibility index (Phi) is 3.99. The summed E-state index contributed by atoms with van der Waals surface area (Å²) in [5.41, 5.74) is 2.89. The van der Waals surface area contributed by atoms with Crippen molar-refractivity contribution >= 4 is 17.6 Å². The molecule has 0 saturated heterocycles. The van der Waals surface area contributed by atoms with Gasteiger partial charge in [0.2, 0.25) is 0 Å². The molecule has 0 unspecified atom stereocenters. The highest BCUT2D eigenvalue weighted by Gasteiger charge is 2.09. The SMILES string of the molecule is COCC(=O)Cc1ccc(C2=C[C@H](C)N=C2)cn1. The van der Waals surface area contributed by atoms with E-state index in [1.54, 1.807) is 6.20 Å². The molecule has 1 aromatic rings. The van der Waals surface area contributed by atoms with Crippen LogP contribution in [0.5, 0.6) is 0 Å². The van der Waals surface area contributed by atoms with Gasteiger partial charge in [-0.1, -0.05) is 12.1 Å². The fraction of sp³-hybridized carbons (Fsp3) is 0.357. The van der Waals surface area contributed by atoms with Crippen LogP contribution in [0.2, 0.25) is 0 Å². The van der Waals surface area contributed by atoms with Crippen LogP contribution in [0.15, 0.2) is 29.4 Å². The van der Waals surface area contributed by atoms with E-state index >= 15 is 0 Å². The van der Waals surface area contributed by atoms with E-state index in [0.717, 1.165) is 16.8 Å². The number of aromatic nitrogens is 1. The van der Waals surface area contributed by atoms with Gasteiger partial charge in [0.05, 0.1) is 12.5 Å². The lowest BCUT2D eigenvalue weighted by atomic mass is 10.1. The maximum atomic E-state index is 11.4. The first-order valence-electron chi connectivity index (χ1n) is 5.90. The highest BCUT2D eigenvalue weighted by atomic mass is 16.5. The molecule has 2 rings (SSSR count). The molecule has 0 aromatic carbocycles. The standard InChI is InChI=1S/C14H16N2O2/c1-10-5-12(8-15-10)11-3-4-13(16-7-11)6-14(17)9-18-2/h3-5,7-8,10H,6,9H2,1-2H3/t10-/m0/s1. The highest BCUT2D eigenvalue weighted by Crippen LogP contribution is 2.18. The van der Waals surface area contributed by atoms with Gasteiger partial charge in [0.25, 0.3) is 0 Å². The maximum Gasteiger partial charge on any atom is 0.164 e. The Morgan fingerprint density at radius 3 is 2.83 bits per heavy atom. The number of nitrogens with zero attached hydrogens (tertiary/aromatic N) is 2. The molecule has 4 heteroatoms. The highest BCUT2D eigenvalue weighted by molar-refractivity contribution is 6.11. The molecule has 0 spiro atoms. The second-order valence-corrected chi connectivity index (χ2v) is 4.33. The molecular formula is C14H16N2O2. The van der Waals surface area contributed by atoms with Crippen LogP contribution in [0.3, 0.4) is 0 Å². The molecule has 1 atom stereocenters. The summed E-state index contributed by atoms with van der Waals surface area (Å²) in [7, 11) is 1.52. The summed E-state index contributed by atoms with van der Waals surface area (Å²) >= 11 is 0. The number of hydrogen-bond donors (Lipinski definition) is 0. The minimum absolute atomic E-state index is 0.0352. The number of allylic oxidation sites excluding steroid dienone is 1. The van der Waals surface area contributed by atoms with E-state index in [1.165, 1.54) is 7.11 Å². The van der Waals surface area contributed by atoms with E-state index in [-0.39, 0.29) is 18.4 Å². The zero-order chi connectivity index (χ0) is 13.0. The predicted molar refractivity (Wildman–Crippen MR) is 70.8 cm³/mol. The van der Waals surface area contributed by atoms with Crippen LogP contribution in [0.1, 0.15) is 18.2 Å². The van der Waals surface area contributed by atoms with Gasteiger partial charge in [-0.3, -0.25) is 14.8 Å². The van der Waals surface area contributed by atoms with Crippen molar-refractivity contribution in [3.8, 4) is 0 Å². The molecule has 1 aliphatic rings. The predicted octanol–water partition coefficient (Wildman–Crippen LogP) is 1.70. The molecule has 0 radical (unpaired) electrons. The Balaban J connectivity index is 2.04. The van der Waals surface area contributed by atoms with Crippen LogP contribution >= 0.6 is 0 Å². The summed E-state index contributed by atoms with van der Waals surface area (Å²) in [4.78, 5) is 20.0. The maximum absolute atomic E-state index is 11.4. The first-order chi connectivity index (χ1) is 8.69. The molecule has 0 saturated carbocycles. The lowest BCUT2D eigenvalue weighted by Gasteiger charge is -2.02. The Labute approximate surface area is 106 Å². The first-order valence-corrected chi connectivity index (χ1v) is 5.90. The van der Waals surface area contributed by atoms with Gasteiger partial charge in [-0.25, -0.2) is 0 Å². The third-order valence-corrected chi connectivity index (χ3v) is 2.71. The van der Waals surface area contributed by atoms with Crippen molar-refractivity contribution in [2.45, 2.75) is 19.4 Å². The van der Waals surface area contributed by atoms with E-state index in [4.69, 9.17) is 4.74 Å². The van der Waals surface area contributed by atoms with Gasteiger partial charge in [0.1, 0.15) is 6.61 Å². The van der Waals surface area contributed by atoms with Crippen molar-refractivity contribution in [3.63, 3.8) is 0 Å². The van der Waals surface area contributed by atoms with Gasteiger partial charge in [-0.15, -0.1) is 0 Å². The van der Waals surface area contributed by atoms with Crippen LogP contribution in [0, 0.1) is 0 Å². The molecule has 0 aliphatic carbocycles. The fourth-order valence-corrected chi connectivity index (χ4v) is 1.83. The van der Waals surface area contributed by atoms with E-state index in [1.807, 2.05) is 25.3 Å². The number of methoxy groups -OCH3 is 1. The molecule has 0 amide bonds. The third kappa shape index (κ3) is 3.11. The molecule has 1 aromatic heterocycles. The number of pyridine rings is 1. The quantitative estimate of drug-likeness (QED) is 0.792. The van der Waals surface area contributed by atoms with Crippen molar-refractivity contribution in [1.29, 1.82) is 0 Å². The van der Waals surface area contributed by atoms with Crippen LogP contribution in [-0.2, 0) is 16.0 Å². The Morgan fingerprint density at radius 2 is 2.28 bits per heavy atom. The number of hydrogen-bond acceptors (Lipinski definition) is 4. The monoisotopic (exact) mass is 244 g/mol. The van der Waals surface area contributed by atoms with Crippen molar-refractivity contribution in [3.05, 3.63) is 35.7 Å². The van der Waals surface area contributed by atoms with Crippen molar-refractivity contribution < 1.29 is 9.53 Å². The second kappa shape index (κ2) is 5.69. The van der Waals surface area contributed by atoms with E-state index in [0.29, 0.717) is 6.42 Å². The summed E-state index contributed by atoms with van der Waals surface area (Å²) < 4.78 is 4.79. The number of carbonyl (C=O) groups excluding carboxylic acids is 1. The molecule has 0 bridgehead atoms. The van der Waals surface area contributed by atoms with Crippen molar-refractivity contribution in [1.82, 2.24) is 4.98 Å². The summed E-state index contributed by atoms with van der Waals surface area (Å²) in [5.74, 6) is 0.0352. The van der Waals surface area contributed by atoms with E-state index in [2.05, 4.69) is 16.1 Å². The van der Waals surface area contributed by atoms with Gasteiger partial charge in [-0.05, 0) is 18.6 Å². The molecule has 18 heavy (non-hydrogen) atoms. The Hall–Kier alpha value is -1.81. The smallest absolute Gasteiger partial charge is 0.164 e. The lowest BCUT2D eigenvalue weighted by Crippen LogP contribution is -2.10. The van der Waals surface area contributed by atoms with Crippen LogP contribution in [-0.4, -0.2) is 36.7 Å². The van der Waals surface area contributed by atoms with Crippen LogP contribution in [0.4, 0.5) is 0 Å². The van der Waals surface area contributed by atoms with E-state index < -0.39 is 0 Å². The van der Waals surface area contributed by atoms with Gasteiger partial charge in [0, 0.05) is 30.8 Å². The van der Waals surface area contributed by atoms with Crippen LogP contribution < -0.4 is 0 Å². The molecule has 2 heterocycles. The molecule has 4 nitrogen and oxygen atoms in total. The Morgan fingerprint density at radius 1 is 1.44 bits per heavy atom. The molecule has 0 N–H and O–H groups in total. The van der Waals surface area contributed by atoms with Gasteiger partial charge < -0.3 is 4.74 Å². The van der Waals surface area contributed by atoms with Gasteiger partial charge >= 0.3 is 0 Å². The fourth-order valence-electron chi connectivity index (χ4n) is 1.83. The minimum Gasteiger partial charge on any atom is -0.377 e. The number of aliphatic imine (C=N–C) groups is 1. The largest absolute Gasteiger partial charge is 0.377 e.